The highest BCUT2D eigenvalue weighted by atomic mass is 32.2. The Morgan fingerprint density at radius 2 is 2.11 bits per heavy atom. The standard InChI is InChI=1S/C11H16N2O3S2/c1-2-12-9-3-5-11(6-4-9)18(14,15)13-7-10(17)8-16-13/h3-6,10,12,17H,2,7-8H2,1H3. The number of nitrogens with one attached hydrogen (secondary N) is 1. The molecule has 1 aromatic carbocycles. The van der Waals surface area contributed by atoms with Crippen molar-refractivity contribution in [3.05, 3.63) is 24.3 Å². The lowest BCUT2D eigenvalue weighted by molar-refractivity contribution is -0.0283. The number of anilines is 1. The molecule has 1 N–H and O–H groups in total. The first-order valence-electron chi connectivity index (χ1n) is 5.71. The largest absolute Gasteiger partial charge is 0.385 e. The van der Waals surface area contributed by atoms with Gasteiger partial charge < -0.3 is 5.32 Å². The molecule has 1 aliphatic heterocycles. The molecule has 100 valence electrons. The Bertz CT molecular complexity index is 502. The minimum atomic E-state index is -3.57. The van der Waals surface area contributed by atoms with Crippen molar-refractivity contribution < 1.29 is 13.3 Å². The molecular formula is C11H16N2O3S2. The normalized spacial score (nSPS) is 21.1. The molecule has 0 amide bonds. The van der Waals surface area contributed by atoms with Crippen LogP contribution in [-0.4, -0.2) is 37.8 Å². The number of rotatable bonds is 4. The summed E-state index contributed by atoms with van der Waals surface area (Å²) in [5, 5.41) is 3.04. The Hall–Kier alpha value is -0.760. The molecule has 0 aromatic heterocycles. The molecule has 18 heavy (non-hydrogen) atoms. The highest BCUT2D eigenvalue weighted by Crippen LogP contribution is 2.22. The smallest absolute Gasteiger partial charge is 0.265 e. The van der Waals surface area contributed by atoms with Crippen LogP contribution in [0, 0.1) is 0 Å². The van der Waals surface area contributed by atoms with Crippen molar-refractivity contribution in [3.63, 3.8) is 0 Å². The van der Waals surface area contributed by atoms with Gasteiger partial charge in [-0.05, 0) is 31.2 Å². The SMILES string of the molecule is CCNc1ccc(S(=O)(=O)N2CC(S)CO2)cc1. The Labute approximate surface area is 113 Å². The van der Waals surface area contributed by atoms with E-state index in [1.165, 1.54) is 0 Å². The van der Waals surface area contributed by atoms with Crippen LogP contribution in [0.2, 0.25) is 0 Å². The number of nitrogens with zero attached hydrogens (tertiary/aromatic N) is 1. The van der Waals surface area contributed by atoms with Crippen LogP contribution in [0.4, 0.5) is 5.69 Å². The molecule has 0 aliphatic carbocycles. The molecule has 1 aliphatic rings. The minimum Gasteiger partial charge on any atom is -0.385 e. The molecule has 1 heterocycles. The Balaban J connectivity index is 2.19. The van der Waals surface area contributed by atoms with Gasteiger partial charge in [0.2, 0.25) is 0 Å². The minimum absolute atomic E-state index is 0.0687. The molecule has 1 saturated heterocycles. The van der Waals surface area contributed by atoms with Gasteiger partial charge in [-0.1, -0.05) is 4.47 Å². The maximum absolute atomic E-state index is 12.2. The molecule has 0 spiro atoms. The zero-order valence-corrected chi connectivity index (χ0v) is 11.7. The van der Waals surface area contributed by atoms with Gasteiger partial charge >= 0.3 is 0 Å². The molecule has 1 aromatic rings. The third-order valence-electron chi connectivity index (χ3n) is 2.57. The lowest BCUT2D eigenvalue weighted by atomic mass is 10.3. The van der Waals surface area contributed by atoms with E-state index in [1.807, 2.05) is 6.92 Å². The second-order valence-corrected chi connectivity index (χ2v) is 6.55. The summed E-state index contributed by atoms with van der Waals surface area (Å²) in [6.45, 7) is 3.37. The molecule has 1 atom stereocenters. The van der Waals surface area contributed by atoms with Gasteiger partial charge in [-0.25, -0.2) is 8.42 Å². The molecule has 1 fully saturated rings. The van der Waals surface area contributed by atoms with Crippen LogP contribution in [0.5, 0.6) is 0 Å². The van der Waals surface area contributed by atoms with Crippen molar-refractivity contribution in [2.45, 2.75) is 17.1 Å². The lowest BCUT2D eigenvalue weighted by Gasteiger charge is -2.14. The average Bonchev–Trinajstić information content (AvgIpc) is 2.78. The highest BCUT2D eigenvalue weighted by Gasteiger charge is 2.32. The van der Waals surface area contributed by atoms with Crippen LogP contribution in [0.1, 0.15) is 6.92 Å². The summed E-state index contributed by atoms with van der Waals surface area (Å²) >= 11 is 4.20. The second-order valence-electron chi connectivity index (χ2n) is 3.99. The van der Waals surface area contributed by atoms with E-state index in [-0.39, 0.29) is 16.7 Å². The number of sulfonamides is 1. The third kappa shape index (κ3) is 2.80. The van der Waals surface area contributed by atoms with Crippen molar-refractivity contribution in [2.24, 2.45) is 0 Å². The first-order chi connectivity index (χ1) is 8.54. The van der Waals surface area contributed by atoms with E-state index in [9.17, 15) is 8.42 Å². The van der Waals surface area contributed by atoms with Crippen LogP contribution in [0.3, 0.4) is 0 Å². The fourth-order valence-electron chi connectivity index (χ4n) is 1.68. The third-order valence-corrected chi connectivity index (χ3v) is 4.54. The quantitative estimate of drug-likeness (QED) is 0.821. The zero-order valence-electron chi connectivity index (χ0n) is 10.0. The highest BCUT2D eigenvalue weighted by molar-refractivity contribution is 7.89. The summed E-state index contributed by atoms with van der Waals surface area (Å²) in [5.41, 5.74) is 0.894. The van der Waals surface area contributed by atoms with E-state index in [2.05, 4.69) is 17.9 Å². The number of hydrogen-bond acceptors (Lipinski definition) is 5. The van der Waals surface area contributed by atoms with Crippen LogP contribution in [0.25, 0.3) is 0 Å². The fraction of sp³-hybridized carbons (Fsp3) is 0.455. The maximum Gasteiger partial charge on any atom is 0.265 e. The molecule has 7 heteroatoms. The van der Waals surface area contributed by atoms with Gasteiger partial charge in [0.05, 0.1) is 18.0 Å². The average molecular weight is 288 g/mol. The van der Waals surface area contributed by atoms with Gasteiger partial charge in [-0.3, -0.25) is 4.84 Å². The van der Waals surface area contributed by atoms with Gasteiger partial charge in [-0.15, -0.1) is 0 Å². The Morgan fingerprint density at radius 3 is 2.61 bits per heavy atom. The number of benzene rings is 1. The predicted molar refractivity (Wildman–Crippen MR) is 73.2 cm³/mol. The number of hydrogen-bond donors (Lipinski definition) is 2. The summed E-state index contributed by atoms with van der Waals surface area (Å²) in [4.78, 5) is 5.34. The Morgan fingerprint density at radius 1 is 1.44 bits per heavy atom. The Kier molecular flexibility index (Phi) is 4.16. The van der Waals surface area contributed by atoms with Gasteiger partial charge in [0, 0.05) is 17.5 Å². The van der Waals surface area contributed by atoms with Crippen molar-refractivity contribution in [1.82, 2.24) is 4.47 Å². The van der Waals surface area contributed by atoms with Gasteiger partial charge in [-0.2, -0.15) is 12.6 Å². The molecule has 2 rings (SSSR count). The summed E-state index contributed by atoms with van der Waals surface area (Å²) in [5.74, 6) is 0. The topological polar surface area (TPSA) is 58.6 Å². The molecular weight excluding hydrogens is 272 g/mol. The van der Waals surface area contributed by atoms with Crippen molar-refractivity contribution in [2.75, 3.05) is 25.0 Å². The van der Waals surface area contributed by atoms with Crippen LogP contribution in [-0.2, 0) is 14.9 Å². The second kappa shape index (κ2) is 5.48. The number of thiol groups is 1. The summed E-state index contributed by atoms with van der Waals surface area (Å²) in [6, 6.07) is 6.63. The predicted octanol–water partition coefficient (Wildman–Crippen LogP) is 1.35. The fourth-order valence-corrected chi connectivity index (χ4v) is 3.30. The van der Waals surface area contributed by atoms with Gasteiger partial charge in [0.1, 0.15) is 0 Å². The van der Waals surface area contributed by atoms with E-state index in [1.54, 1.807) is 24.3 Å². The number of hydroxylamine groups is 1. The first kappa shape index (κ1) is 13.7. The first-order valence-corrected chi connectivity index (χ1v) is 7.67. The van der Waals surface area contributed by atoms with E-state index in [0.29, 0.717) is 6.61 Å². The van der Waals surface area contributed by atoms with Crippen LogP contribution in [0.15, 0.2) is 29.2 Å². The van der Waals surface area contributed by atoms with Crippen molar-refractivity contribution >= 4 is 28.3 Å². The summed E-state index contributed by atoms with van der Waals surface area (Å²) < 4.78 is 25.4. The van der Waals surface area contributed by atoms with Gasteiger partial charge in [0.25, 0.3) is 10.0 Å². The van der Waals surface area contributed by atoms with Crippen LogP contribution >= 0.6 is 12.6 Å². The van der Waals surface area contributed by atoms with Crippen molar-refractivity contribution in [3.8, 4) is 0 Å². The zero-order chi connectivity index (χ0) is 13.2. The van der Waals surface area contributed by atoms with Crippen LogP contribution < -0.4 is 5.32 Å². The molecule has 0 saturated carbocycles. The van der Waals surface area contributed by atoms with Crippen molar-refractivity contribution in [1.29, 1.82) is 0 Å². The molecule has 0 bridgehead atoms. The molecule has 1 unspecified atom stereocenters. The van der Waals surface area contributed by atoms with E-state index in [0.717, 1.165) is 16.7 Å². The summed E-state index contributed by atoms with van der Waals surface area (Å²) in [6.07, 6.45) is 0. The van der Waals surface area contributed by atoms with E-state index >= 15 is 0 Å². The lowest BCUT2D eigenvalue weighted by Crippen LogP contribution is -2.27. The van der Waals surface area contributed by atoms with E-state index < -0.39 is 10.0 Å². The monoisotopic (exact) mass is 288 g/mol. The maximum atomic E-state index is 12.2. The van der Waals surface area contributed by atoms with Gasteiger partial charge in [0.15, 0.2) is 0 Å². The van der Waals surface area contributed by atoms with E-state index in [4.69, 9.17) is 4.84 Å². The summed E-state index contributed by atoms with van der Waals surface area (Å²) in [7, 11) is -3.57. The molecule has 0 radical (unpaired) electrons. The molecule has 5 nitrogen and oxygen atoms in total.